The van der Waals surface area contributed by atoms with Crippen LogP contribution in [0, 0.1) is 6.92 Å². The molecule has 1 heterocycles. The first kappa shape index (κ1) is 13.0. The molecule has 1 aromatic heterocycles. The number of aryl methyl sites for hydroxylation is 1. The molecule has 0 aromatic carbocycles. The fraction of sp³-hybridized carbons (Fsp3) is 0.636. The molecule has 1 aromatic rings. The average Bonchev–Trinajstić information content (AvgIpc) is 2.61. The Bertz CT molecular complexity index is 368. The van der Waals surface area contributed by atoms with Gasteiger partial charge in [-0.15, -0.1) is 11.3 Å². The predicted octanol–water partition coefficient (Wildman–Crippen LogP) is 1.87. The molecule has 0 amide bonds. The van der Waals surface area contributed by atoms with Gasteiger partial charge < -0.3 is 10.6 Å². The standard InChI is InChI=1S/C11H20N4S/c1-7(2)10-8(3)16-9(15-10)6-14-11(12-4)13-5/h7H,6H2,1-5H3,(H2,12,13,14). The smallest absolute Gasteiger partial charge is 0.191 e. The van der Waals surface area contributed by atoms with Gasteiger partial charge in [0.15, 0.2) is 5.96 Å². The molecule has 1 rings (SSSR count). The molecule has 0 saturated carbocycles. The Kier molecular flexibility index (Phi) is 4.73. The normalized spacial score (nSPS) is 12.0. The quantitative estimate of drug-likeness (QED) is 0.626. The van der Waals surface area contributed by atoms with Crippen LogP contribution in [0.4, 0.5) is 0 Å². The number of rotatable bonds is 3. The van der Waals surface area contributed by atoms with Crippen LogP contribution in [0.3, 0.4) is 0 Å². The summed E-state index contributed by atoms with van der Waals surface area (Å²) >= 11 is 1.75. The first-order chi connectivity index (χ1) is 7.58. The van der Waals surface area contributed by atoms with E-state index in [-0.39, 0.29) is 0 Å². The lowest BCUT2D eigenvalue weighted by Gasteiger charge is -2.05. The van der Waals surface area contributed by atoms with Crippen molar-refractivity contribution in [3.05, 3.63) is 15.6 Å². The Balaban J connectivity index is 2.65. The van der Waals surface area contributed by atoms with Gasteiger partial charge in [0.1, 0.15) is 5.01 Å². The fourth-order valence-electron chi connectivity index (χ4n) is 1.51. The second kappa shape index (κ2) is 5.84. The molecule has 0 unspecified atom stereocenters. The van der Waals surface area contributed by atoms with Crippen molar-refractivity contribution in [2.75, 3.05) is 14.1 Å². The largest absolute Gasteiger partial charge is 0.359 e. The maximum atomic E-state index is 4.62. The van der Waals surface area contributed by atoms with Crippen LogP contribution < -0.4 is 10.6 Å². The van der Waals surface area contributed by atoms with Crippen molar-refractivity contribution in [2.45, 2.75) is 33.2 Å². The van der Waals surface area contributed by atoms with Gasteiger partial charge in [-0.1, -0.05) is 13.8 Å². The highest BCUT2D eigenvalue weighted by molar-refractivity contribution is 7.11. The van der Waals surface area contributed by atoms with E-state index in [0.717, 1.165) is 17.5 Å². The molecule has 0 bridgehead atoms. The zero-order valence-corrected chi connectivity index (χ0v) is 11.4. The predicted molar refractivity (Wildman–Crippen MR) is 70.2 cm³/mol. The molecular weight excluding hydrogens is 220 g/mol. The zero-order chi connectivity index (χ0) is 12.1. The second-order valence-corrected chi connectivity index (χ2v) is 5.17. The van der Waals surface area contributed by atoms with E-state index in [1.807, 2.05) is 7.05 Å². The Labute approximate surface area is 101 Å². The van der Waals surface area contributed by atoms with Crippen LogP contribution in [0.2, 0.25) is 0 Å². The summed E-state index contributed by atoms with van der Waals surface area (Å²) in [4.78, 5) is 9.99. The van der Waals surface area contributed by atoms with Crippen molar-refractivity contribution >= 4 is 17.3 Å². The Morgan fingerprint density at radius 1 is 1.50 bits per heavy atom. The highest BCUT2D eigenvalue weighted by Gasteiger charge is 2.10. The topological polar surface area (TPSA) is 49.3 Å². The van der Waals surface area contributed by atoms with E-state index < -0.39 is 0 Å². The molecule has 2 N–H and O–H groups in total. The van der Waals surface area contributed by atoms with Crippen LogP contribution in [0.5, 0.6) is 0 Å². The molecule has 0 aliphatic carbocycles. The summed E-state index contributed by atoms with van der Waals surface area (Å²) in [7, 11) is 3.60. The number of thiazole rings is 1. The molecule has 0 radical (unpaired) electrons. The molecule has 0 fully saturated rings. The van der Waals surface area contributed by atoms with Crippen LogP contribution >= 0.6 is 11.3 Å². The van der Waals surface area contributed by atoms with Gasteiger partial charge in [-0.05, 0) is 12.8 Å². The minimum Gasteiger partial charge on any atom is -0.359 e. The molecule has 0 atom stereocenters. The number of hydrogen-bond acceptors (Lipinski definition) is 3. The van der Waals surface area contributed by atoms with E-state index >= 15 is 0 Å². The van der Waals surface area contributed by atoms with Crippen LogP contribution in [-0.4, -0.2) is 25.0 Å². The molecular formula is C11H20N4S. The van der Waals surface area contributed by atoms with Crippen molar-refractivity contribution in [3.8, 4) is 0 Å². The Morgan fingerprint density at radius 2 is 2.19 bits per heavy atom. The molecule has 0 aliphatic rings. The fourth-order valence-corrected chi connectivity index (χ4v) is 2.54. The molecule has 0 saturated heterocycles. The van der Waals surface area contributed by atoms with Crippen molar-refractivity contribution in [2.24, 2.45) is 4.99 Å². The van der Waals surface area contributed by atoms with Crippen molar-refractivity contribution < 1.29 is 0 Å². The van der Waals surface area contributed by atoms with Crippen LogP contribution in [-0.2, 0) is 6.54 Å². The number of aromatic nitrogens is 1. The minimum absolute atomic E-state index is 0.494. The lowest BCUT2D eigenvalue weighted by atomic mass is 10.1. The summed E-state index contributed by atoms with van der Waals surface area (Å²) in [6.07, 6.45) is 0. The summed E-state index contributed by atoms with van der Waals surface area (Å²) in [5.41, 5.74) is 1.21. The number of guanidine groups is 1. The third kappa shape index (κ3) is 3.20. The number of nitrogens with zero attached hydrogens (tertiary/aromatic N) is 2. The van der Waals surface area contributed by atoms with E-state index in [4.69, 9.17) is 0 Å². The maximum Gasteiger partial charge on any atom is 0.191 e. The SMILES string of the molecule is CN=C(NC)NCc1nc(C(C)C)c(C)s1. The van der Waals surface area contributed by atoms with Gasteiger partial charge in [0.25, 0.3) is 0 Å². The molecule has 90 valence electrons. The van der Waals surface area contributed by atoms with Crippen LogP contribution in [0.1, 0.15) is 35.3 Å². The van der Waals surface area contributed by atoms with Gasteiger partial charge in [0, 0.05) is 19.0 Å². The summed E-state index contributed by atoms with van der Waals surface area (Å²) < 4.78 is 0. The van der Waals surface area contributed by atoms with Gasteiger partial charge in [-0.3, -0.25) is 4.99 Å². The zero-order valence-electron chi connectivity index (χ0n) is 10.6. The number of nitrogens with one attached hydrogen (secondary N) is 2. The summed E-state index contributed by atoms with van der Waals surface area (Å²) in [5.74, 6) is 1.28. The maximum absolute atomic E-state index is 4.62. The first-order valence-electron chi connectivity index (χ1n) is 5.43. The van der Waals surface area contributed by atoms with Gasteiger partial charge in [-0.2, -0.15) is 0 Å². The second-order valence-electron chi connectivity index (χ2n) is 3.88. The van der Waals surface area contributed by atoms with E-state index in [1.165, 1.54) is 10.6 Å². The van der Waals surface area contributed by atoms with Crippen LogP contribution in [0.25, 0.3) is 0 Å². The van der Waals surface area contributed by atoms with Crippen molar-refractivity contribution in [1.29, 1.82) is 0 Å². The van der Waals surface area contributed by atoms with Gasteiger partial charge >= 0.3 is 0 Å². The number of hydrogen-bond donors (Lipinski definition) is 2. The molecule has 5 heteroatoms. The summed E-state index contributed by atoms with van der Waals surface area (Å²) in [6.45, 7) is 7.20. The highest BCUT2D eigenvalue weighted by Crippen LogP contribution is 2.23. The van der Waals surface area contributed by atoms with Crippen molar-refractivity contribution in [1.82, 2.24) is 15.6 Å². The third-order valence-corrected chi connectivity index (χ3v) is 3.28. The average molecular weight is 240 g/mol. The first-order valence-corrected chi connectivity index (χ1v) is 6.24. The van der Waals surface area contributed by atoms with E-state index in [9.17, 15) is 0 Å². The highest BCUT2D eigenvalue weighted by atomic mass is 32.1. The summed E-state index contributed by atoms with van der Waals surface area (Å²) in [5, 5.41) is 7.29. The molecule has 0 spiro atoms. The monoisotopic (exact) mass is 240 g/mol. The van der Waals surface area contributed by atoms with Gasteiger partial charge in [-0.25, -0.2) is 4.98 Å². The van der Waals surface area contributed by atoms with E-state index in [0.29, 0.717) is 5.92 Å². The van der Waals surface area contributed by atoms with Crippen LogP contribution in [0.15, 0.2) is 4.99 Å². The van der Waals surface area contributed by atoms with Gasteiger partial charge in [0.05, 0.1) is 12.2 Å². The molecule has 4 nitrogen and oxygen atoms in total. The Morgan fingerprint density at radius 3 is 2.62 bits per heavy atom. The number of aliphatic imine (C=N–C) groups is 1. The molecule has 16 heavy (non-hydrogen) atoms. The minimum atomic E-state index is 0.494. The third-order valence-electron chi connectivity index (χ3n) is 2.29. The summed E-state index contributed by atoms with van der Waals surface area (Å²) in [6, 6.07) is 0. The lowest BCUT2D eigenvalue weighted by molar-refractivity contribution is 0.797. The van der Waals surface area contributed by atoms with E-state index in [1.54, 1.807) is 18.4 Å². The van der Waals surface area contributed by atoms with Crippen molar-refractivity contribution in [3.63, 3.8) is 0 Å². The van der Waals surface area contributed by atoms with Gasteiger partial charge in [0.2, 0.25) is 0 Å². The Hall–Kier alpha value is -1.10. The lowest BCUT2D eigenvalue weighted by Crippen LogP contribution is -2.34. The van der Waals surface area contributed by atoms with E-state index in [2.05, 4.69) is 41.4 Å². The molecule has 0 aliphatic heterocycles.